The fourth-order valence-corrected chi connectivity index (χ4v) is 3.00. The normalized spacial score (nSPS) is 31.4. The first-order valence-electron chi connectivity index (χ1n) is 7.24. The van der Waals surface area contributed by atoms with Crippen LogP contribution in [0.1, 0.15) is 45.4 Å². The van der Waals surface area contributed by atoms with Crippen LogP contribution in [-0.4, -0.2) is 49.2 Å². The van der Waals surface area contributed by atoms with Crippen molar-refractivity contribution in [3.63, 3.8) is 0 Å². The zero-order valence-corrected chi connectivity index (χ0v) is 12.9. The second-order valence-electron chi connectivity index (χ2n) is 5.89. The van der Waals surface area contributed by atoms with Gasteiger partial charge in [-0.2, -0.15) is 0 Å². The van der Waals surface area contributed by atoms with Crippen molar-refractivity contribution in [1.29, 1.82) is 0 Å². The molecule has 0 aromatic rings. The highest BCUT2D eigenvalue weighted by Gasteiger charge is 2.36. The number of piperidine rings is 1. The van der Waals surface area contributed by atoms with Crippen LogP contribution in [0.25, 0.3) is 0 Å². The molecule has 1 N–H and O–H groups in total. The molecule has 0 saturated carbocycles. The molecule has 2 aliphatic rings. The lowest BCUT2D eigenvalue weighted by Crippen LogP contribution is -2.58. The monoisotopic (exact) mass is 290 g/mol. The molecule has 2 saturated heterocycles. The van der Waals surface area contributed by atoms with Gasteiger partial charge in [-0.15, -0.1) is 12.4 Å². The summed E-state index contributed by atoms with van der Waals surface area (Å²) in [6, 6.07) is 0. The molecule has 5 heteroatoms. The number of amides is 1. The first-order chi connectivity index (χ1) is 8.62. The maximum Gasteiger partial charge on any atom is 0.242 e. The van der Waals surface area contributed by atoms with E-state index >= 15 is 0 Å². The van der Waals surface area contributed by atoms with Crippen LogP contribution in [0.15, 0.2) is 0 Å². The molecule has 112 valence electrons. The molecule has 2 atom stereocenters. The molecule has 1 amide bonds. The topological polar surface area (TPSA) is 41.6 Å². The minimum Gasteiger partial charge on any atom is -0.376 e. The van der Waals surface area contributed by atoms with E-state index < -0.39 is 0 Å². The Labute approximate surface area is 122 Å². The van der Waals surface area contributed by atoms with E-state index in [1.807, 2.05) is 18.9 Å². The number of hydrogen-bond donors (Lipinski definition) is 1. The van der Waals surface area contributed by atoms with E-state index in [0.717, 1.165) is 45.4 Å². The lowest BCUT2D eigenvalue weighted by atomic mass is 9.89. The summed E-state index contributed by atoms with van der Waals surface area (Å²) in [6.07, 6.45) is 6.97. The van der Waals surface area contributed by atoms with Gasteiger partial charge in [-0.25, -0.2) is 0 Å². The summed E-state index contributed by atoms with van der Waals surface area (Å²) in [4.78, 5) is 14.4. The molecule has 4 nitrogen and oxygen atoms in total. The van der Waals surface area contributed by atoms with E-state index in [1.54, 1.807) is 0 Å². The van der Waals surface area contributed by atoms with Gasteiger partial charge < -0.3 is 15.0 Å². The van der Waals surface area contributed by atoms with Crippen molar-refractivity contribution >= 4 is 18.3 Å². The minimum absolute atomic E-state index is 0. The van der Waals surface area contributed by atoms with Gasteiger partial charge in [0.25, 0.3) is 0 Å². The molecule has 2 rings (SSSR count). The predicted molar refractivity (Wildman–Crippen MR) is 78.7 cm³/mol. The summed E-state index contributed by atoms with van der Waals surface area (Å²) in [5.41, 5.74) is -0.359. The summed E-state index contributed by atoms with van der Waals surface area (Å²) in [7, 11) is 1.90. The highest BCUT2D eigenvalue weighted by Crippen LogP contribution is 2.22. The second kappa shape index (κ2) is 7.46. The lowest BCUT2D eigenvalue weighted by molar-refractivity contribution is -0.139. The van der Waals surface area contributed by atoms with Crippen molar-refractivity contribution in [1.82, 2.24) is 10.2 Å². The zero-order chi connectivity index (χ0) is 13.0. The molecule has 0 aromatic carbocycles. The Morgan fingerprint density at radius 2 is 2.16 bits per heavy atom. The van der Waals surface area contributed by atoms with E-state index in [9.17, 15) is 4.79 Å². The molecule has 2 heterocycles. The molecule has 2 fully saturated rings. The number of likely N-dealkylation sites (N-methyl/N-ethyl adjacent to an activating group) is 1. The fourth-order valence-electron chi connectivity index (χ4n) is 3.00. The smallest absolute Gasteiger partial charge is 0.242 e. The number of nitrogens with one attached hydrogen (secondary N) is 1. The van der Waals surface area contributed by atoms with Gasteiger partial charge in [0.2, 0.25) is 5.91 Å². The van der Waals surface area contributed by atoms with Crippen LogP contribution in [0.5, 0.6) is 0 Å². The molecule has 19 heavy (non-hydrogen) atoms. The number of ether oxygens (including phenoxy) is 1. The van der Waals surface area contributed by atoms with Crippen molar-refractivity contribution in [2.75, 3.05) is 26.7 Å². The molecule has 0 aliphatic carbocycles. The summed E-state index contributed by atoms with van der Waals surface area (Å²) >= 11 is 0. The van der Waals surface area contributed by atoms with Crippen molar-refractivity contribution in [3.8, 4) is 0 Å². The Balaban J connectivity index is 0.00000180. The number of hydrogen-bond acceptors (Lipinski definition) is 3. The van der Waals surface area contributed by atoms with Crippen molar-refractivity contribution in [3.05, 3.63) is 0 Å². The number of halogens is 1. The SMILES string of the molecule is CN(CC1CCCCO1)C(=O)C1(C)CCCCN1.Cl. The molecule has 2 unspecified atom stereocenters. The Morgan fingerprint density at radius 1 is 1.37 bits per heavy atom. The third-order valence-electron chi connectivity index (χ3n) is 4.19. The molecule has 0 aromatic heterocycles. The van der Waals surface area contributed by atoms with Gasteiger partial charge in [0, 0.05) is 20.2 Å². The van der Waals surface area contributed by atoms with Crippen molar-refractivity contribution in [2.45, 2.75) is 57.1 Å². The zero-order valence-electron chi connectivity index (χ0n) is 12.1. The molecular weight excluding hydrogens is 264 g/mol. The molecular formula is C14H27ClN2O2. The van der Waals surface area contributed by atoms with Crippen LogP contribution < -0.4 is 5.32 Å². The summed E-state index contributed by atoms with van der Waals surface area (Å²) in [5, 5.41) is 3.38. The Kier molecular flexibility index (Phi) is 6.57. The number of nitrogens with zero attached hydrogens (tertiary/aromatic N) is 1. The largest absolute Gasteiger partial charge is 0.376 e. The Bertz CT molecular complexity index is 287. The van der Waals surface area contributed by atoms with E-state index in [1.165, 1.54) is 12.8 Å². The third kappa shape index (κ3) is 4.33. The van der Waals surface area contributed by atoms with E-state index in [0.29, 0.717) is 0 Å². The van der Waals surface area contributed by atoms with Gasteiger partial charge >= 0.3 is 0 Å². The lowest BCUT2D eigenvalue weighted by Gasteiger charge is -2.38. The maximum atomic E-state index is 12.5. The summed E-state index contributed by atoms with van der Waals surface area (Å²) in [6.45, 7) is 4.57. The quantitative estimate of drug-likeness (QED) is 0.864. The minimum atomic E-state index is -0.359. The number of carbonyl (C=O) groups excluding carboxylic acids is 1. The van der Waals surface area contributed by atoms with Gasteiger partial charge in [0.15, 0.2) is 0 Å². The number of carbonyl (C=O) groups is 1. The van der Waals surface area contributed by atoms with Crippen LogP contribution in [0.2, 0.25) is 0 Å². The fraction of sp³-hybridized carbons (Fsp3) is 0.929. The summed E-state index contributed by atoms with van der Waals surface area (Å²) in [5.74, 6) is 0.219. The average Bonchev–Trinajstić information content (AvgIpc) is 2.40. The molecule has 0 bridgehead atoms. The first kappa shape index (κ1) is 16.7. The standard InChI is InChI=1S/C14H26N2O2.ClH/c1-14(8-4-5-9-15-14)13(17)16(2)11-12-7-3-6-10-18-12;/h12,15H,3-11H2,1-2H3;1H. The predicted octanol–water partition coefficient (Wildman–Crippen LogP) is 1.97. The van der Waals surface area contributed by atoms with Crippen LogP contribution in [0.4, 0.5) is 0 Å². The first-order valence-corrected chi connectivity index (χ1v) is 7.24. The number of rotatable bonds is 3. The third-order valence-corrected chi connectivity index (χ3v) is 4.19. The van der Waals surface area contributed by atoms with Gasteiger partial charge in [-0.3, -0.25) is 4.79 Å². The van der Waals surface area contributed by atoms with Crippen molar-refractivity contribution < 1.29 is 9.53 Å². The van der Waals surface area contributed by atoms with Crippen LogP contribution in [-0.2, 0) is 9.53 Å². The van der Waals surface area contributed by atoms with Gasteiger partial charge in [-0.05, 0) is 52.0 Å². The van der Waals surface area contributed by atoms with E-state index in [2.05, 4.69) is 5.32 Å². The van der Waals surface area contributed by atoms with Crippen LogP contribution in [0, 0.1) is 0 Å². The Hall–Kier alpha value is -0.320. The van der Waals surface area contributed by atoms with Gasteiger partial charge in [0.1, 0.15) is 0 Å². The molecule has 0 spiro atoms. The van der Waals surface area contributed by atoms with Crippen molar-refractivity contribution in [2.24, 2.45) is 0 Å². The summed E-state index contributed by atoms with van der Waals surface area (Å²) < 4.78 is 5.70. The van der Waals surface area contributed by atoms with E-state index in [4.69, 9.17) is 4.74 Å². The van der Waals surface area contributed by atoms with Gasteiger partial charge in [0.05, 0.1) is 11.6 Å². The van der Waals surface area contributed by atoms with Crippen LogP contribution >= 0.6 is 12.4 Å². The highest BCUT2D eigenvalue weighted by molar-refractivity contribution is 5.86. The maximum absolute atomic E-state index is 12.5. The van der Waals surface area contributed by atoms with E-state index in [-0.39, 0.29) is 30.0 Å². The van der Waals surface area contributed by atoms with Gasteiger partial charge in [-0.1, -0.05) is 0 Å². The molecule has 2 aliphatic heterocycles. The van der Waals surface area contributed by atoms with Crippen LogP contribution in [0.3, 0.4) is 0 Å². The Morgan fingerprint density at radius 3 is 2.74 bits per heavy atom. The average molecular weight is 291 g/mol. The highest BCUT2D eigenvalue weighted by atomic mass is 35.5. The second-order valence-corrected chi connectivity index (χ2v) is 5.89. The molecule has 0 radical (unpaired) electrons.